The maximum absolute atomic E-state index is 12.3. The number of carbonyl (C=O) groups is 1. The minimum absolute atomic E-state index is 0.215. The molecule has 3 rings (SSSR count). The minimum Gasteiger partial charge on any atom is -0.444 e. The van der Waals surface area contributed by atoms with Gasteiger partial charge in [0.15, 0.2) is 6.10 Å². The number of hydrogen-bond acceptors (Lipinski definition) is 4. The Labute approximate surface area is 140 Å². The van der Waals surface area contributed by atoms with Gasteiger partial charge in [-0.3, -0.25) is 4.79 Å². The van der Waals surface area contributed by atoms with E-state index < -0.39 is 6.10 Å². The third kappa shape index (κ3) is 3.70. The monoisotopic (exact) mass is 322 g/mol. The van der Waals surface area contributed by atoms with Crippen molar-refractivity contribution in [1.82, 2.24) is 10.3 Å². The van der Waals surface area contributed by atoms with Crippen molar-refractivity contribution in [2.24, 2.45) is 0 Å². The van der Waals surface area contributed by atoms with E-state index in [0.717, 1.165) is 11.1 Å². The molecule has 24 heavy (non-hydrogen) atoms. The third-order valence-electron chi connectivity index (χ3n) is 3.59. The summed E-state index contributed by atoms with van der Waals surface area (Å²) in [4.78, 5) is 16.7. The number of aromatic nitrogens is 1. The van der Waals surface area contributed by atoms with Crippen molar-refractivity contribution in [2.45, 2.75) is 12.6 Å². The number of amides is 1. The molecule has 2 aromatic carbocycles. The number of nitrogens with one attached hydrogen (secondary N) is 1. The van der Waals surface area contributed by atoms with Crippen molar-refractivity contribution in [3.8, 4) is 11.5 Å². The van der Waals surface area contributed by atoms with Crippen LogP contribution in [0.2, 0.25) is 0 Å². The maximum atomic E-state index is 12.3. The van der Waals surface area contributed by atoms with E-state index in [1.165, 1.54) is 7.11 Å². The van der Waals surface area contributed by atoms with E-state index in [2.05, 4.69) is 10.3 Å². The zero-order chi connectivity index (χ0) is 16.8. The van der Waals surface area contributed by atoms with E-state index in [-0.39, 0.29) is 12.5 Å². The van der Waals surface area contributed by atoms with E-state index >= 15 is 0 Å². The summed E-state index contributed by atoms with van der Waals surface area (Å²) in [7, 11) is 1.51. The van der Waals surface area contributed by atoms with Crippen LogP contribution in [0.25, 0.3) is 11.5 Å². The van der Waals surface area contributed by atoms with Crippen LogP contribution in [-0.2, 0) is 16.1 Å². The van der Waals surface area contributed by atoms with Gasteiger partial charge in [0.05, 0.1) is 12.2 Å². The third-order valence-corrected chi connectivity index (χ3v) is 3.59. The molecule has 3 aromatic rings. The van der Waals surface area contributed by atoms with Gasteiger partial charge in [0, 0.05) is 12.7 Å². The van der Waals surface area contributed by atoms with Crippen molar-refractivity contribution >= 4 is 5.91 Å². The zero-order valence-corrected chi connectivity index (χ0v) is 13.3. The Balaban J connectivity index is 1.63. The van der Waals surface area contributed by atoms with Crippen LogP contribution in [0.15, 0.2) is 71.3 Å². The summed E-state index contributed by atoms with van der Waals surface area (Å²) in [5.74, 6) is 0.319. The van der Waals surface area contributed by atoms with Crippen LogP contribution in [0.1, 0.15) is 17.4 Å². The minimum atomic E-state index is -0.647. The summed E-state index contributed by atoms with van der Waals surface area (Å²) in [5.41, 5.74) is 2.36. The summed E-state index contributed by atoms with van der Waals surface area (Å²) in [6.45, 7) is 0.280. The highest BCUT2D eigenvalue weighted by molar-refractivity contribution is 5.82. The number of methoxy groups -OCH3 is 1. The van der Waals surface area contributed by atoms with Gasteiger partial charge in [-0.25, -0.2) is 4.98 Å². The second-order valence-corrected chi connectivity index (χ2v) is 5.25. The van der Waals surface area contributed by atoms with Crippen molar-refractivity contribution in [1.29, 1.82) is 0 Å². The molecule has 5 nitrogen and oxygen atoms in total. The molecule has 0 spiro atoms. The molecule has 1 amide bonds. The van der Waals surface area contributed by atoms with Crippen molar-refractivity contribution in [3.05, 3.63) is 78.2 Å². The number of nitrogens with zero attached hydrogens (tertiary/aromatic N) is 1. The van der Waals surface area contributed by atoms with E-state index in [4.69, 9.17) is 9.15 Å². The molecule has 0 saturated carbocycles. The van der Waals surface area contributed by atoms with Gasteiger partial charge in [0.2, 0.25) is 5.89 Å². The number of rotatable bonds is 6. The molecule has 0 saturated heterocycles. The molecule has 122 valence electrons. The van der Waals surface area contributed by atoms with Crippen LogP contribution in [0, 0.1) is 0 Å². The predicted octanol–water partition coefficient (Wildman–Crippen LogP) is 3.35. The fourth-order valence-electron chi connectivity index (χ4n) is 2.39. The second-order valence-electron chi connectivity index (χ2n) is 5.25. The largest absolute Gasteiger partial charge is 0.444 e. The lowest BCUT2D eigenvalue weighted by Gasteiger charge is -2.14. The lowest BCUT2D eigenvalue weighted by molar-refractivity contribution is -0.131. The van der Waals surface area contributed by atoms with Gasteiger partial charge >= 0.3 is 0 Å². The molecular weight excluding hydrogens is 304 g/mol. The van der Waals surface area contributed by atoms with Crippen molar-refractivity contribution < 1.29 is 13.9 Å². The molecule has 0 aliphatic carbocycles. The summed E-state index contributed by atoms with van der Waals surface area (Å²) in [5, 5.41) is 2.83. The Morgan fingerprint density at radius 2 is 1.79 bits per heavy atom. The normalized spacial score (nSPS) is 11.9. The van der Waals surface area contributed by atoms with Crippen LogP contribution in [-0.4, -0.2) is 18.0 Å². The predicted molar refractivity (Wildman–Crippen MR) is 90.0 cm³/mol. The van der Waals surface area contributed by atoms with Crippen LogP contribution in [0.4, 0.5) is 0 Å². The van der Waals surface area contributed by atoms with Gasteiger partial charge in [0.25, 0.3) is 5.91 Å². The van der Waals surface area contributed by atoms with Gasteiger partial charge < -0.3 is 14.5 Å². The molecule has 0 radical (unpaired) electrons. The molecule has 1 aromatic heterocycles. The Bertz CT molecular complexity index is 785. The molecule has 1 atom stereocenters. The highest BCUT2D eigenvalue weighted by Crippen LogP contribution is 2.19. The quantitative estimate of drug-likeness (QED) is 0.756. The van der Waals surface area contributed by atoms with Crippen molar-refractivity contribution in [3.63, 3.8) is 0 Å². The van der Waals surface area contributed by atoms with Crippen LogP contribution in [0.3, 0.4) is 0 Å². The zero-order valence-electron chi connectivity index (χ0n) is 13.3. The van der Waals surface area contributed by atoms with Gasteiger partial charge in [-0.1, -0.05) is 48.5 Å². The maximum Gasteiger partial charge on any atom is 0.254 e. The van der Waals surface area contributed by atoms with Crippen LogP contribution < -0.4 is 5.32 Å². The second kappa shape index (κ2) is 7.57. The molecule has 1 heterocycles. The molecule has 0 unspecified atom stereocenters. The summed E-state index contributed by atoms with van der Waals surface area (Å²) in [6.07, 6.45) is 0.902. The first-order valence-electron chi connectivity index (χ1n) is 7.63. The Morgan fingerprint density at radius 1 is 1.12 bits per heavy atom. The van der Waals surface area contributed by atoms with E-state index in [0.29, 0.717) is 11.6 Å². The molecule has 0 bridgehead atoms. The standard InChI is InChI=1S/C19H18N2O3/c1-23-17(14-8-4-2-5-9-14)18(22)20-12-16-13-24-19(21-16)15-10-6-3-7-11-15/h2-11,13,17H,12H2,1H3,(H,20,22)/t17-/m1/s1. The Kier molecular flexibility index (Phi) is 5.03. The number of hydrogen-bond donors (Lipinski definition) is 1. The number of carbonyl (C=O) groups excluding carboxylic acids is 1. The highest BCUT2D eigenvalue weighted by atomic mass is 16.5. The summed E-state index contributed by atoms with van der Waals surface area (Å²) >= 11 is 0. The van der Waals surface area contributed by atoms with E-state index in [1.807, 2.05) is 60.7 Å². The SMILES string of the molecule is CO[C@@H](C(=O)NCc1coc(-c2ccccc2)n1)c1ccccc1. The first kappa shape index (κ1) is 16.0. The first-order chi connectivity index (χ1) is 11.8. The molecule has 5 heteroatoms. The van der Waals surface area contributed by atoms with Crippen LogP contribution >= 0.6 is 0 Å². The lowest BCUT2D eigenvalue weighted by atomic mass is 10.1. The molecule has 1 N–H and O–H groups in total. The van der Waals surface area contributed by atoms with Crippen molar-refractivity contribution in [2.75, 3.05) is 7.11 Å². The average molecular weight is 322 g/mol. The fourth-order valence-corrected chi connectivity index (χ4v) is 2.39. The highest BCUT2D eigenvalue weighted by Gasteiger charge is 2.19. The van der Waals surface area contributed by atoms with Crippen LogP contribution in [0.5, 0.6) is 0 Å². The van der Waals surface area contributed by atoms with E-state index in [1.54, 1.807) is 6.26 Å². The topological polar surface area (TPSA) is 64.4 Å². The molecule has 0 fully saturated rings. The van der Waals surface area contributed by atoms with Gasteiger partial charge in [-0.05, 0) is 17.7 Å². The number of oxazole rings is 1. The van der Waals surface area contributed by atoms with Gasteiger partial charge in [-0.15, -0.1) is 0 Å². The lowest BCUT2D eigenvalue weighted by Crippen LogP contribution is -2.30. The summed E-state index contributed by atoms with van der Waals surface area (Å²) in [6, 6.07) is 19.0. The average Bonchev–Trinajstić information content (AvgIpc) is 3.11. The molecule has 0 aliphatic rings. The Hall–Kier alpha value is -2.92. The Morgan fingerprint density at radius 3 is 2.46 bits per heavy atom. The first-order valence-corrected chi connectivity index (χ1v) is 7.63. The van der Waals surface area contributed by atoms with E-state index in [9.17, 15) is 4.79 Å². The molecular formula is C19H18N2O3. The molecule has 0 aliphatic heterocycles. The number of ether oxygens (including phenoxy) is 1. The smallest absolute Gasteiger partial charge is 0.254 e. The van der Waals surface area contributed by atoms with Gasteiger partial charge in [0.1, 0.15) is 6.26 Å². The summed E-state index contributed by atoms with van der Waals surface area (Å²) < 4.78 is 10.8. The van der Waals surface area contributed by atoms with Gasteiger partial charge in [-0.2, -0.15) is 0 Å². The number of benzene rings is 2. The fraction of sp³-hybridized carbons (Fsp3) is 0.158.